The molecule has 1 aliphatic rings. The fraction of sp³-hybridized carbons (Fsp3) is 0.778. The zero-order valence-corrected chi connectivity index (χ0v) is 15.7. The molecule has 142 valence electrons. The number of nitrogens with zero attached hydrogens (tertiary/aromatic N) is 2. The normalized spacial score (nSPS) is 17.7. The number of nitrogens with one attached hydrogen (secondary N) is 2. The highest BCUT2D eigenvalue weighted by atomic mass is 16.5. The molecule has 25 heavy (non-hydrogen) atoms. The Morgan fingerprint density at radius 1 is 1.28 bits per heavy atom. The van der Waals surface area contributed by atoms with E-state index in [1.165, 1.54) is 0 Å². The largest absolute Gasteiger partial charge is 0.388 e. The lowest BCUT2D eigenvalue weighted by molar-refractivity contribution is -0.0594. The fourth-order valence-corrected chi connectivity index (χ4v) is 2.98. The van der Waals surface area contributed by atoms with Crippen LogP contribution in [-0.2, 0) is 11.3 Å². The minimum absolute atomic E-state index is 0.421. The van der Waals surface area contributed by atoms with Crippen molar-refractivity contribution in [1.29, 1.82) is 0 Å². The van der Waals surface area contributed by atoms with Crippen LogP contribution in [0.2, 0.25) is 0 Å². The van der Waals surface area contributed by atoms with Gasteiger partial charge in [0.15, 0.2) is 11.7 Å². The Bertz CT molecular complexity index is 534. The highest BCUT2D eigenvalue weighted by Crippen LogP contribution is 2.22. The van der Waals surface area contributed by atoms with Gasteiger partial charge in [0, 0.05) is 51.1 Å². The highest BCUT2D eigenvalue weighted by Gasteiger charge is 2.29. The van der Waals surface area contributed by atoms with Gasteiger partial charge >= 0.3 is 0 Å². The molecule has 7 nitrogen and oxygen atoms in total. The van der Waals surface area contributed by atoms with Crippen LogP contribution in [0.4, 0.5) is 0 Å². The summed E-state index contributed by atoms with van der Waals surface area (Å²) in [4.78, 5) is 4.54. The molecule has 1 aliphatic heterocycles. The third-order valence-corrected chi connectivity index (χ3v) is 4.73. The van der Waals surface area contributed by atoms with Crippen molar-refractivity contribution in [3.8, 4) is 0 Å². The van der Waals surface area contributed by atoms with Crippen molar-refractivity contribution in [2.24, 2.45) is 4.99 Å². The monoisotopic (exact) mass is 352 g/mol. The first-order valence-corrected chi connectivity index (χ1v) is 9.38. The first kappa shape index (κ1) is 19.7. The number of ether oxygens (including phenoxy) is 1. The molecule has 0 saturated carbocycles. The van der Waals surface area contributed by atoms with Crippen LogP contribution in [0.25, 0.3) is 0 Å². The summed E-state index contributed by atoms with van der Waals surface area (Å²) in [6.45, 7) is 9.17. The SMILES string of the molecule is CCNC(=NCc1cc(C(CC)CC)no1)NCC1(O)CCOCC1. The first-order valence-electron chi connectivity index (χ1n) is 9.38. The van der Waals surface area contributed by atoms with Gasteiger partial charge in [-0.05, 0) is 19.8 Å². The van der Waals surface area contributed by atoms with Crippen molar-refractivity contribution in [1.82, 2.24) is 15.8 Å². The van der Waals surface area contributed by atoms with E-state index in [0.717, 1.165) is 30.8 Å². The van der Waals surface area contributed by atoms with E-state index in [1.807, 2.05) is 13.0 Å². The van der Waals surface area contributed by atoms with Crippen LogP contribution in [0.15, 0.2) is 15.6 Å². The van der Waals surface area contributed by atoms with Crippen molar-refractivity contribution in [3.05, 3.63) is 17.5 Å². The molecule has 0 aromatic carbocycles. The van der Waals surface area contributed by atoms with Gasteiger partial charge in [-0.15, -0.1) is 0 Å². The Kier molecular flexibility index (Phi) is 7.71. The van der Waals surface area contributed by atoms with Gasteiger partial charge in [-0.3, -0.25) is 0 Å². The van der Waals surface area contributed by atoms with Gasteiger partial charge in [0.25, 0.3) is 0 Å². The molecule has 0 bridgehead atoms. The summed E-state index contributed by atoms with van der Waals surface area (Å²) in [6.07, 6.45) is 3.39. The molecule has 2 rings (SSSR count). The molecule has 1 aromatic heterocycles. The summed E-state index contributed by atoms with van der Waals surface area (Å²) < 4.78 is 10.7. The van der Waals surface area contributed by atoms with Crippen LogP contribution in [0.1, 0.15) is 63.8 Å². The zero-order valence-electron chi connectivity index (χ0n) is 15.7. The third-order valence-electron chi connectivity index (χ3n) is 4.73. The Labute approximate surface area is 150 Å². The van der Waals surface area contributed by atoms with E-state index in [0.29, 0.717) is 51.0 Å². The number of guanidine groups is 1. The molecule has 0 aliphatic carbocycles. The number of aliphatic hydroxyl groups is 1. The predicted octanol–water partition coefficient (Wildman–Crippen LogP) is 2.17. The molecule has 2 heterocycles. The van der Waals surface area contributed by atoms with Gasteiger partial charge < -0.3 is 25.0 Å². The summed E-state index contributed by atoms with van der Waals surface area (Å²) in [6, 6.07) is 2.00. The van der Waals surface area contributed by atoms with E-state index in [1.54, 1.807) is 0 Å². The molecule has 1 saturated heterocycles. The van der Waals surface area contributed by atoms with Crippen molar-refractivity contribution >= 4 is 5.96 Å². The van der Waals surface area contributed by atoms with Gasteiger partial charge in [0.2, 0.25) is 0 Å². The fourth-order valence-electron chi connectivity index (χ4n) is 2.98. The van der Waals surface area contributed by atoms with Gasteiger partial charge in [-0.1, -0.05) is 19.0 Å². The Balaban J connectivity index is 1.92. The standard InChI is InChI=1S/C18H32N4O3/c1-4-14(5-2)16-11-15(25-22-16)12-20-17(19-6-3)21-13-18(23)7-9-24-10-8-18/h11,14,23H,4-10,12-13H2,1-3H3,(H2,19,20,21). The number of hydrogen-bond acceptors (Lipinski definition) is 5. The van der Waals surface area contributed by atoms with Crippen LogP contribution in [0, 0.1) is 0 Å². The van der Waals surface area contributed by atoms with Gasteiger partial charge in [0.05, 0.1) is 11.3 Å². The zero-order chi connectivity index (χ0) is 18.1. The van der Waals surface area contributed by atoms with Crippen LogP contribution < -0.4 is 10.6 Å². The second-order valence-corrected chi connectivity index (χ2v) is 6.62. The molecule has 0 spiro atoms. The van der Waals surface area contributed by atoms with Crippen LogP contribution in [-0.4, -0.2) is 48.1 Å². The van der Waals surface area contributed by atoms with E-state index in [4.69, 9.17) is 9.26 Å². The molecule has 0 amide bonds. The average molecular weight is 352 g/mol. The molecule has 0 unspecified atom stereocenters. The summed E-state index contributed by atoms with van der Waals surface area (Å²) >= 11 is 0. The van der Waals surface area contributed by atoms with Gasteiger partial charge in [-0.2, -0.15) is 0 Å². The van der Waals surface area contributed by atoms with Crippen molar-refractivity contribution in [2.75, 3.05) is 26.3 Å². The maximum atomic E-state index is 10.5. The lowest BCUT2D eigenvalue weighted by Crippen LogP contribution is -2.49. The molecule has 1 fully saturated rings. The predicted molar refractivity (Wildman–Crippen MR) is 97.6 cm³/mol. The maximum Gasteiger partial charge on any atom is 0.191 e. The van der Waals surface area contributed by atoms with Gasteiger partial charge in [0.1, 0.15) is 6.54 Å². The minimum Gasteiger partial charge on any atom is -0.388 e. The molecule has 7 heteroatoms. The number of aromatic nitrogens is 1. The lowest BCUT2D eigenvalue weighted by Gasteiger charge is -2.32. The van der Waals surface area contributed by atoms with E-state index in [9.17, 15) is 5.11 Å². The van der Waals surface area contributed by atoms with Crippen molar-refractivity contribution in [2.45, 2.75) is 64.5 Å². The summed E-state index contributed by atoms with van der Waals surface area (Å²) in [7, 11) is 0. The molecular formula is C18H32N4O3. The first-order chi connectivity index (χ1) is 12.1. The summed E-state index contributed by atoms with van der Waals surface area (Å²) in [5.74, 6) is 1.86. The lowest BCUT2D eigenvalue weighted by atomic mass is 9.94. The van der Waals surface area contributed by atoms with E-state index < -0.39 is 5.60 Å². The van der Waals surface area contributed by atoms with E-state index >= 15 is 0 Å². The summed E-state index contributed by atoms with van der Waals surface area (Å²) in [5, 5.41) is 21.1. The molecule has 0 atom stereocenters. The van der Waals surface area contributed by atoms with E-state index in [2.05, 4.69) is 34.6 Å². The second-order valence-electron chi connectivity index (χ2n) is 6.62. The molecule has 0 radical (unpaired) electrons. The maximum absolute atomic E-state index is 10.5. The molecular weight excluding hydrogens is 320 g/mol. The van der Waals surface area contributed by atoms with Crippen molar-refractivity contribution in [3.63, 3.8) is 0 Å². The Hall–Kier alpha value is -1.60. The highest BCUT2D eigenvalue weighted by molar-refractivity contribution is 5.79. The van der Waals surface area contributed by atoms with Crippen LogP contribution in [0.3, 0.4) is 0 Å². The Morgan fingerprint density at radius 3 is 2.64 bits per heavy atom. The minimum atomic E-state index is -0.733. The number of aliphatic imine (C=N–C) groups is 1. The van der Waals surface area contributed by atoms with Crippen LogP contribution >= 0.6 is 0 Å². The average Bonchev–Trinajstić information content (AvgIpc) is 3.08. The van der Waals surface area contributed by atoms with Crippen LogP contribution in [0.5, 0.6) is 0 Å². The van der Waals surface area contributed by atoms with Gasteiger partial charge in [-0.25, -0.2) is 4.99 Å². The molecule has 3 N–H and O–H groups in total. The summed E-state index contributed by atoms with van der Waals surface area (Å²) in [5.41, 5.74) is 0.272. The van der Waals surface area contributed by atoms with E-state index in [-0.39, 0.29) is 0 Å². The smallest absolute Gasteiger partial charge is 0.191 e. The number of rotatable bonds is 8. The van der Waals surface area contributed by atoms with Crippen molar-refractivity contribution < 1.29 is 14.4 Å². The topological polar surface area (TPSA) is 91.9 Å². The number of hydrogen-bond donors (Lipinski definition) is 3. The quantitative estimate of drug-likeness (QED) is 0.491. The third kappa shape index (κ3) is 6.01. The second kappa shape index (κ2) is 9.77. The Morgan fingerprint density at radius 2 is 2.00 bits per heavy atom. The molecule has 1 aromatic rings.